The minimum absolute atomic E-state index is 0.0314. The number of anilines is 1. The van der Waals surface area contributed by atoms with Crippen molar-refractivity contribution in [1.29, 1.82) is 0 Å². The molecule has 1 amide bonds. The smallest absolute Gasteiger partial charge is 0.255 e. The SMILES string of the molecule is CCCNc1cc(C(=O)N(C)CC2CC2C)c(Cl)cn1. The second-order valence-corrected chi connectivity index (χ2v) is 6.04. The van der Waals surface area contributed by atoms with Gasteiger partial charge in [-0.1, -0.05) is 25.4 Å². The Morgan fingerprint density at radius 3 is 2.90 bits per heavy atom. The van der Waals surface area contributed by atoms with Gasteiger partial charge >= 0.3 is 0 Å². The van der Waals surface area contributed by atoms with Crippen LogP contribution in [0, 0.1) is 11.8 Å². The first-order valence-electron chi connectivity index (χ1n) is 7.17. The molecule has 0 spiro atoms. The predicted octanol–water partition coefficient (Wildman–Crippen LogP) is 3.28. The Morgan fingerprint density at radius 1 is 1.60 bits per heavy atom. The van der Waals surface area contributed by atoms with Gasteiger partial charge in [0.15, 0.2) is 0 Å². The van der Waals surface area contributed by atoms with Crippen LogP contribution in [-0.4, -0.2) is 35.9 Å². The van der Waals surface area contributed by atoms with Crippen molar-refractivity contribution in [3.63, 3.8) is 0 Å². The van der Waals surface area contributed by atoms with Crippen LogP contribution in [-0.2, 0) is 0 Å². The zero-order valence-corrected chi connectivity index (χ0v) is 13.1. The van der Waals surface area contributed by atoms with Gasteiger partial charge in [-0.3, -0.25) is 4.79 Å². The molecular formula is C15H22ClN3O. The highest BCUT2D eigenvalue weighted by Crippen LogP contribution is 2.38. The van der Waals surface area contributed by atoms with E-state index in [2.05, 4.69) is 24.1 Å². The maximum Gasteiger partial charge on any atom is 0.255 e. The van der Waals surface area contributed by atoms with Gasteiger partial charge in [0.2, 0.25) is 0 Å². The van der Waals surface area contributed by atoms with Crippen molar-refractivity contribution in [2.45, 2.75) is 26.7 Å². The molecule has 2 unspecified atom stereocenters. The Bertz CT molecular complexity index is 492. The Hall–Kier alpha value is -1.29. The third-order valence-corrected chi connectivity index (χ3v) is 4.07. The Morgan fingerprint density at radius 2 is 2.30 bits per heavy atom. The van der Waals surface area contributed by atoms with Crippen molar-refractivity contribution < 1.29 is 4.79 Å². The number of hydrogen-bond donors (Lipinski definition) is 1. The van der Waals surface area contributed by atoms with Crippen LogP contribution in [0.2, 0.25) is 5.02 Å². The van der Waals surface area contributed by atoms with Gasteiger partial charge in [-0.2, -0.15) is 0 Å². The number of halogens is 1. The second kappa shape index (κ2) is 6.44. The summed E-state index contributed by atoms with van der Waals surface area (Å²) >= 11 is 6.11. The van der Waals surface area contributed by atoms with Crippen molar-refractivity contribution in [1.82, 2.24) is 9.88 Å². The van der Waals surface area contributed by atoms with Gasteiger partial charge < -0.3 is 10.2 Å². The molecule has 1 aliphatic carbocycles. The minimum atomic E-state index is -0.0314. The molecule has 1 aromatic rings. The van der Waals surface area contributed by atoms with E-state index in [0.717, 1.165) is 25.4 Å². The van der Waals surface area contributed by atoms with Gasteiger partial charge in [-0.15, -0.1) is 0 Å². The van der Waals surface area contributed by atoms with E-state index in [1.165, 1.54) is 6.42 Å². The average molecular weight is 296 g/mol. The van der Waals surface area contributed by atoms with E-state index < -0.39 is 0 Å². The molecule has 0 radical (unpaired) electrons. The van der Waals surface area contributed by atoms with E-state index in [4.69, 9.17) is 11.6 Å². The molecule has 1 saturated carbocycles. The second-order valence-electron chi connectivity index (χ2n) is 5.63. The van der Waals surface area contributed by atoms with Gasteiger partial charge in [0.05, 0.1) is 10.6 Å². The van der Waals surface area contributed by atoms with Crippen LogP contribution in [0.4, 0.5) is 5.82 Å². The maximum atomic E-state index is 12.4. The molecule has 1 heterocycles. The number of nitrogens with zero attached hydrogens (tertiary/aromatic N) is 2. The largest absolute Gasteiger partial charge is 0.370 e. The molecule has 0 aliphatic heterocycles. The molecular weight excluding hydrogens is 274 g/mol. The Balaban J connectivity index is 2.07. The third-order valence-electron chi connectivity index (χ3n) is 3.77. The fraction of sp³-hybridized carbons (Fsp3) is 0.600. The molecule has 0 saturated heterocycles. The molecule has 110 valence electrons. The number of carbonyl (C=O) groups excluding carboxylic acids is 1. The first-order chi connectivity index (χ1) is 9.52. The molecule has 1 aliphatic rings. The summed E-state index contributed by atoms with van der Waals surface area (Å²) in [5.41, 5.74) is 0.524. The van der Waals surface area contributed by atoms with E-state index in [0.29, 0.717) is 22.3 Å². The first kappa shape index (κ1) is 15.1. The number of pyridine rings is 1. The number of aromatic nitrogens is 1. The van der Waals surface area contributed by atoms with Crippen molar-refractivity contribution in [3.8, 4) is 0 Å². The van der Waals surface area contributed by atoms with Crippen LogP contribution in [0.1, 0.15) is 37.0 Å². The van der Waals surface area contributed by atoms with Gasteiger partial charge in [0.25, 0.3) is 5.91 Å². The summed E-state index contributed by atoms with van der Waals surface area (Å²) in [7, 11) is 1.84. The van der Waals surface area contributed by atoms with Crippen molar-refractivity contribution >= 4 is 23.3 Å². The summed E-state index contributed by atoms with van der Waals surface area (Å²) in [5.74, 6) is 2.05. The van der Waals surface area contributed by atoms with Crippen LogP contribution in [0.15, 0.2) is 12.3 Å². The maximum absolute atomic E-state index is 12.4. The molecule has 1 aromatic heterocycles. The van der Waals surface area contributed by atoms with E-state index in [1.54, 1.807) is 17.2 Å². The van der Waals surface area contributed by atoms with Crippen LogP contribution in [0.5, 0.6) is 0 Å². The molecule has 1 N–H and O–H groups in total. The molecule has 0 aromatic carbocycles. The van der Waals surface area contributed by atoms with E-state index >= 15 is 0 Å². The summed E-state index contributed by atoms with van der Waals surface area (Å²) in [5, 5.41) is 3.59. The normalized spacial score (nSPS) is 20.6. The molecule has 5 heteroatoms. The third kappa shape index (κ3) is 3.63. The van der Waals surface area contributed by atoms with Gasteiger partial charge in [-0.25, -0.2) is 4.98 Å². The highest BCUT2D eigenvalue weighted by Gasteiger charge is 2.34. The summed E-state index contributed by atoms with van der Waals surface area (Å²) in [6.07, 6.45) is 3.76. The lowest BCUT2D eigenvalue weighted by molar-refractivity contribution is 0.0787. The lowest BCUT2D eigenvalue weighted by Crippen LogP contribution is -2.29. The van der Waals surface area contributed by atoms with Gasteiger partial charge in [0, 0.05) is 26.3 Å². The number of rotatable bonds is 6. The summed E-state index contributed by atoms with van der Waals surface area (Å²) in [4.78, 5) is 18.4. The molecule has 1 fully saturated rings. The standard InChI is InChI=1S/C15H22ClN3O/c1-4-5-17-14-7-12(13(16)8-18-14)15(20)19(3)9-11-6-10(11)2/h7-8,10-11H,4-6,9H2,1-3H3,(H,17,18). The van der Waals surface area contributed by atoms with Gasteiger partial charge in [-0.05, 0) is 30.7 Å². The number of hydrogen-bond acceptors (Lipinski definition) is 3. The van der Waals surface area contributed by atoms with Crippen LogP contribution >= 0.6 is 11.6 Å². The highest BCUT2D eigenvalue weighted by molar-refractivity contribution is 6.33. The van der Waals surface area contributed by atoms with E-state index in [-0.39, 0.29) is 5.91 Å². The lowest BCUT2D eigenvalue weighted by atomic mass is 10.2. The molecule has 2 atom stereocenters. The first-order valence-corrected chi connectivity index (χ1v) is 7.55. The minimum Gasteiger partial charge on any atom is -0.370 e. The van der Waals surface area contributed by atoms with Gasteiger partial charge in [0.1, 0.15) is 5.82 Å². The van der Waals surface area contributed by atoms with Crippen LogP contribution in [0.3, 0.4) is 0 Å². The lowest BCUT2D eigenvalue weighted by Gasteiger charge is -2.18. The fourth-order valence-corrected chi connectivity index (χ4v) is 2.43. The monoisotopic (exact) mass is 295 g/mol. The van der Waals surface area contributed by atoms with Crippen LogP contribution < -0.4 is 5.32 Å². The van der Waals surface area contributed by atoms with Crippen molar-refractivity contribution in [2.75, 3.05) is 25.5 Å². The summed E-state index contributed by atoms with van der Waals surface area (Å²) < 4.78 is 0. The summed E-state index contributed by atoms with van der Waals surface area (Å²) in [6.45, 7) is 5.93. The van der Waals surface area contributed by atoms with Crippen LogP contribution in [0.25, 0.3) is 0 Å². The molecule has 0 bridgehead atoms. The predicted molar refractivity (Wildman–Crippen MR) is 82.3 cm³/mol. The zero-order valence-electron chi connectivity index (χ0n) is 12.3. The topological polar surface area (TPSA) is 45.2 Å². The number of nitrogens with one attached hydrogen (secondary N) is 1. The zero-order chi connectivity index (χ0) is 14.7. The molecule has 4 nitrogen and oxygen atoms in total. The number of amides is 1. The van der Waals surface area contributed by atoms with Crippen molar-refractivity contribution in [2.24, 2.45) is 11.8 Å². The Kier molecular flexibility index (Phi) is 4.86. The fourth-order valence-electron chi connectivity index (χ4n) is 2.25. The van der Waals surface area contributed by atoms with E-state index in [1.807, 2.05) is 7.05 Å². The quantitative estimate of drug-likeness (QED) is 0.876. The average Bonchev–Trinajstić information content (AvgIpc) is 3.12. The molecule has 2 rings (SSSR count). The van der Waals surface area contributed by atoms with Crippen molar-refractivity contribution in [3.05, 3.63) is 22.8 Å². The van der Waals surface area contributed by atoms with E-state index in [9.17, 15) is 4.79 Å². The number of carbonyl (C=O) groups is 1. The summed E-state index contributed by atoms with van der Waals surface area (Å²) in [6, 6.07) is 1.74. The highest BCUT2D eigenvalue weighted by atomic mass is 35.5. The molecule has 20 heavy (non-hydrogen) atoms. The Labute approximate surface area is 125 Å².